The van der Waals surface area contributed by atoms with Gasteiger partial charge in [-0.1, -0.05) is 19.9 Å². The molecule has 0 spiro atoms. The SMILES string of the molecule is Cc1cc2c(cc1NC(=O)c1ccc(C(=O)O)c(O)c1)C(C)(C)COC2(C)C. The number of ether oxygens (including phenoxy) is 1. The molecule has 0 atom stereocenters. The lowest BCUT2D eigenvalue weighted by molar-refractivity contribution is -0.0587. The van der Waals surface area contributed by atoms with Gasteiger partial charge in [0.05, 0.1) is 12.2 Å². The highest BCUT2D eigenvalue weighted by atomic mass is 16.5. The minimum atomic E-state index is -1.25. The molecule has 0 aromatic heterocycles. The van der Waals surface area contributed by atoms with Gasteiger partial charge in [-0.2, -0.15) is 0 Å². The normalized spacial score (nSPS) is 16.9. The minimum Gasteiger partial charge on any atom is -0.507 e. The first-order valence-electron chi connectivity index (χ1n) is 9.09. The molecule has 28 heavy (non-hydrogen) atoms. The van der Waals surface area contributed by atoms with Crippen LogP contribution >= 0.6 is 0 Å². The van der Waals surface area contributed by atoms with Crippen molar-refractivity contribution in [3.05, 3.63) is 58.1 Å². The van der Waals surface area contributed by atoms with Crippen molar-refractivity contribution in [2.45, 2.75) is 45.6 Å². The van der Waals surface area contributed by atoms with E-state index in [2.05, 4.69) is 19.2 Å². The number of fused-ring (bicyclic) bond motifs is 1. The number of aromatic carboxylic acids is 1. The summed E-state index contributed by atoms with van der Waals surface area (Å²) in [5.41, 5.74) is 3.13. The molecule has 148 valence electrons. The van der Waals surface area contributed by atoms with Gasteiger partial charge in [-0.05, 0) is 61.7 Å². The number of nitrogens with one attached hydrogen (secondary N) is 1. The first-order valence-corrected chi connectivity index (χ1v) is 9.09. The number of carboxylic acids is 1. The van der Waals surface area contributed by atoms with E-state index in [0.717, 1.165) is 22.8 Å². The highest BCUT2D eigenvalue weighted by molar-refractivity contribution is 6.05. The number of rotatable bonds is 3. The third kappa shape index (κ3) is 3.47. The van der Waals surface area contributed by atoms with Crippen LogP contribution in [-0.2, 0) is 15.8 Å². The van der Waals surface area contributed by atoms with Crippen molar-refractivity contribution in [2.75, 3.05) is 11.9 Å². The maximum absolute atomic E-state index is 12.7. The number of aryl methyl sites for hydroxylation is 1. The molecule has 3 N–H and O–H groups in total. The van der Waals surface area contributed by atoms with E-state index in [1.54, 1.807) is 0 Å². The van der Waals surface area contributed by atoms with E-state index in [0.29, 0.717) is 12.3 Å². The van der Waals surface area contributed by atoms with Crippen molar-refractivity contribution >= 4 is 17.6 Å². The number of amides is 1. The van der Waals surface area contributed by atoms with Gasteiger partial charge in [-0.3, -0.25) is 4.79 Å². The number of aromatic hydroxyl groups is 1. The van der Waals surface area contributed by atoms with Crippen LogP contribution in [0, 0.1) is 6.92 Å². The summed E-state index contributed by atoms with van der Waals surface area (Å²) in [6.07, 6.45) is 0. The summed E-state index contributed by atoms with van der Waals surface area (Å²) in [4.78, 5) is 23.7. The maximum Gasteiger partial charge on any atom is 0.339 e. The van der Waals surface area contributed by atoms with Crippen LogP contribution in [0.1, 0.15) is 65.1 Å². The van der Waals surface area contributed by atoms with Crippen molar-refractivity contribution in [1.82, 2.24) is 0 Å². The van der Waals surface area contributed by atoms with Crippen LogP contribution < -0.4 is 5.32 Å². The second kappa shape index (κ2) is 6.63. The fourth-order valence-electron chi connectivity index (χ4n) is 3.47. The van der Waals surface area contributed by atoms with E-state index in [1.807, 2.05) is 32.9 Å². The Kier molecular flexibility index (Phi) is 4.71. The molecule has 6 nitrogen and oxygen atoms in total. The molecule has 6 heteroatoms. The van der Waals surface area contributed by atoms with Crippen LogP contribution in [-0.4, -0.2) is 28.7 Å². The van der Waals surface area contributed by atoms with Crippen molar-refractivity contribution in [1.29, 1.82) is 0 Å². The van der Waals surface area contributed by atoms with Crippen molar-refractivity contribution in [3.8, 4) is 5.75 Å². The summed E-state index contributed by atoms with van der Waals surface area (Å²) in [6, 6.07) is 7.78. The molecule has 3 rings (SSSR count). The molecule has 1 heterocycles. The topological polar surface area (TPSA) is 95.9 Å². The fourth-order valence-corrected chi connectivity index (χ4v) is 3.47. The molecule has 0 fully saturated rings. The van der Waals surface area contributed by atoms with E-state index in [9.17, 15) is 14.7 Å². The third-order valence-electron chi connectivity index (χ3n) is 5.27. The Labute approximate surface area is 164 Å². The molecular weight excluding hydrogens is 358 g/mol. The summed E-state index contributed by atoms with van der Waals surface area (Å²) in [7, 11) is 0. The van der Waals surface area contributed by atoms with Gasteiger partial charge in [-0.25, -0.2) is 4.79 Å². The van der Waals surface area contributed by atoms with E-state index in [1.165, 1.54) is 12.1 Å². The highest BCUT2D eigenvalue weighted by Crippen LogP contribution is 2.43. The molecule has 0 unspecified atom stereocenters. The van der Waals surface area contributed by atoms with Crippen LogP contribution in [0.15, 0.2) is 30.3 Å². The molecule has 0 radical (unpaired) electrons. The Morgan fingerprint density at radius 2 is 1.75 bits per heavy atom. The Bertz CT molecular complexity index is 975. The zero-order valence-electron chi connectivity index (χ0n) is 16.7. The number of carbonyl (C=O) groups excluding carboxylic acids is 1. The van der Waals surface area contributed by atoms with Gasteiger partial charge >= 0.3 is 5.97 Å². The highest BCUT2D eigenvalue weighted by Gasteiger charge is 2.38. The molecule has 2 aromatic carbocycles. The van der Waals surface area contributed by atoms with Gasteiger partial charge in [0.1, 0.15) is 11.3 Å². The number of benzene rings is 2. The molecule has 1 aliphatic heterocycles. The molecular formula is C22H25NO5. The van der Waals surface area contributed by atoms with Crippen LogP contribution in [0.4, 0.5) is 5.69 Å². The number of hydrogen-bond acceptors (Lipinski definition) is 4. The zero-order valence-corrected chi connectivity index (χ0v) is 16.7. The van der Waals surface area contributed by atoms with Crippen LogP contribution in [0.3, 0.4) is 0 Å². The lowest BCUT2D eigenvalue weighted by atomic mass is 9.75. The monoisotopic (exact) mass is 383 g/mol. The minimum absolute atomic E-state index is 0.183. The van der Waals surface area contributed by atoms with Gasteiger partial charge in [0.15, 0.2) is 0 Å². The van der Waals surface area contributed by atoms with Crippen LogP contribution in [0.2, 0.25) is 0 Å². The Morgan fingerprint density at radius 1 is 1.07 bits per heavy atom. The Hall–Kier alpha value is -2.86. The van der Waals surface area contributed by atoms with Crippen molar-refractivity contribution in [2.24, 2.45) is 0 Å². The summed E-state index contributed by atoms with van der Waals surface area (Å²) in [6.45, 7) is 10.8. The van der Waals surface area contributed by atoms with E-state index >= 15 is 0 Å². The predicted octanol–water partition coefficient (Wildman–Crippen LogP) is 4.19. The van der Waals surface area contributed by atoms with Gasteiger partial charge < -0.3 is 20.3 Å². The summed E-state index contributed by atoms with van der Waals surface area (Å²) >= 11 is 0. The molecule has 1 amide bonds. The van der Waals surface area contributed by atoms with Gasteiger partial charge in [0, 0.05) is 16.7 Å². The van der Waals surface area contributed by atoms with E-state index < -0.39 is 23.2 Å². The van der Waals surface area contributed by atoms with Crippen molar-refractivity contribution in [3.63, 3.8) is 0 Å². The van der Waals surface area contributed by atoms with E-state index in [-0.39, 0.29) is 16.5 Å². The number of carbonyl (C=O) groups is 2. The smallest absolute Gasteiger partial charge is 0.339 e. The lowest BCUT2D eigenvalue weighted by Crippen LogP contribution is -2.40. The summed E-state index contributed by atoms with van der Waals surface area (Å²) in [5, 5.41) is 21.7. The molecule has 0 bridgehead atoms. The molecule has 0 aliphatic carbocycles. The van der Waals surface area contributed by atoms with E-state index in [4.69, 9.17) is 9.84 Å². The molecule has 2 aromatic rings. The van der Waals surface area contributed by atoms with Gasteiger partial charge in [0.2, 0.25) is 0 Å². The second-order valence-electron chi connectivity index (χ2n) is 8.39. The summed E-state index contributed by atoms with van der Waals surface area (Å²) < 4.78 is 6.03. The van der Waals surface area contributed by atoms with Crippen molar-refractivity contribution < 1.29 is 24.5 Å². The maximum atomic E-state index is 12.7. The first-order chi connectivity index (χ1) is 12.9. The first kappa shape index (κ1) is 19.9. The van der Waals surface area contributed by atoms with Crippen LogP contribution in [0.5, 0.6) is 5.75 Å². The lowest BCUT2D eigenvalue weighted by Gasteiger charge is -2.42. The number of anilines is 1. The molecule has 0 saturated heterocycles. The molecule has 1 aliphatic rings. The van der Waals surface area contributed by atoms with Gasteiger partial charge in [-0.15, -0.1) is 0 Å². The Balaban J connectivity index is 1.96. The average molecular weight is 383 g/mol. The summed E-state index contributed by atoms with van der Waals surface area (Å²) in [5.74, 6) is -2.11. The zero-order chi connectivity index (χ0) is 20.9. The Morgan fingerprint density at radius 3 is 2.36 bits per heavy atom. The van der Waals surface area contributed by atoms with Gasteiger partial charge in [0.25, 0.3) is 5.91 Å². The quantitative estimate of drug-likeness (QED) is 0.738. The van der Waals surface area contributed by atoms with Crippen LogP contribution in [0.25, 0.3) is 0 Å². The second-order valence-corrected chi connectivity index (χ2v) is 8.39. The standard InChI is InChI=1S/C22H25NO5/c1-12-8-16-15(21(2,3)11-28-22(16,4)5)10-17(12)23-19(25)13-6-7-14(20(26)27)18(24)9-13/h6-10,24H,11H2,1-5H3,(H,23,25)(H,26,27). The number of carboxylic acid groups (broad SMARTS) is 1. The molecule has 0 saturated carbocycles. The average Bonchev–Trinajstić information content (AvgIpc) is 2.60. The predicted molar refractivity (Wildman–Crippen MR) is 106 cm³/mol. The largest absolute Gasteiger partial charge is 0.507 e. The number of phenols is 1. The fraction of sp³-hybridized carbons (Fsp3) is 0.364. The number of hydrogen-bond donors (Lipinski definition) is 3. The third-order valence-corrected chi connectivity index (χ3v) is 5.27.